The highest BCUT2D eigenvalue weighted by Gasteiger charge is 2.18. The van der Waals surface area contributed by atoms with Crippen molar-refractivity contribution in [3.63, 3.8) is 0 Å². The maximum absolute atomic E-state index is 12.4. The number of hydrogen-bond acceptors (Lipinski definition) is 7. The van der Waals surface area contributed by atoms with Crippen LogP contribution in [0.15, 0.2) is 6.07 Å². The Hall–Kier alpha value is -1.99. The zero-order valence-electron chi connectivity index (χ0n) is 14.9. The first-order valence-corrected chi connectivity index (χ1v) is 10.5. The number of nitrogens with zero attached hydrogens (tertiary/aromatic N) is 2. The summed E-state index contributed by atoms with van der Waals surface area (Å²) in [6.45, 7) is 4.10. The minimum Gasteiger partial charge on any atom is -0.453 e. The van der Waals surface area contributed by atoms with E-state index in [-0.39, 0.29) is 12.6 Å². The van der Waals surface area contributed by atoms with E-state index in [2.05, 4.69) is 9.97 Å². The van der Waals surface area contributed by atoms with Crippen molar-refractivity contribution in [1.82, 2.24) is 9.97 Å². The molecule has 3 heterocycles. The number of carbonyl (C=O) groups is 1. The zero-order valence-corrected chi connectivity index (χ0v) is 16.6. The van der Waals surface area contributed by atoms with Gasteiger partial charge in [-0.15, -0.1) is 22.7 Å². The third kappa shape index (κ3) is 3.21. The fourth-order valence-electron chi connectivity index (χ4n) is 3.36. The van der Waals surface area contributed by atoms with Gasteiger partial charge >= 0.3 is 5.97 Å². The minimum absolute atomic E-state index is 0.0392. The number of rotatable bonds is 3. The van der Waals surface area contributed by atoms with Gasteiger partial charge in [-0.05, 0) is 56.7 Å². The van der Waals surface area contributed by atoms with Crippen LogP contribution >= 0.6 is 22.7 Å². The average molecular weight is 388 g/mol. The molecule has 2 N–H and O–H groups in total. The van der Waals surface area contributed by atoms with Crippen LogP contribution < -0.4 is 5.73 Å². The van der Waals surface area contributed by atoms with Crippen molar-refractivity contribution >= 4 is 44.7 Å². The van der Waals surface area contributed by atoms with Crippen molar-refractivity contribution in [2.75, 3.05) is 5.73 Å². The summed E-state index contributed by atoms with van der Waals surface area (Å²) >= 11 is 3.15. The SMILES string of the molecule is Cc1sc2nc(COC(=O)c3cc4c(s3)CCCCC4)nc(N)c2c1C. The summed E-state index contributed by atoms with van der Waals surface area (Å²) in [5, 5.41) is 0.907. The minimum atomic E-state index is -0.302. The lowest BCUT2D eigenvalue weighted by molar-refractivity contribution is 0.0468. The maximum Gasteiger partial charge on any atom is 0.348 e. The van der Waals surface area contributed by atoms with Crippen molar-refractivity contribution < 1.29 is 9.53 Å². The van der Waals surface area contributed by atoms with E-state index in [0.29, 0.717) is 16.5 Å². The second kappa shape index (κ2) is 6.96. The van der Waals surface area contributed by atoms with E-state index in [1.54, 1.807) is 22.7 Å². The second-order valence-corrected chi connectivity index (χ2v) is 9.02. The predicted molar refractivity (Wildman–Crippen MR) is 106 cm³/mol. The van der Waals surface area contributed by atoms with E-state index in [0.717, 1.165) is 28.6 Å². The van der Waals surface area contributed by atoms with Gasteiger partial charge in [0, 0.05) is 9.75 Å². The highest BCUT2D eigenvalue weighted by Crippen LogP contribution is 2.32. The standard InChI is InChI=1S/C19H21N3O2S2/c1-10-11(2)25-18-16(10)17(20)21-15(22-18)9-24-19(23)14-8-12-6-4-3-5-7-13(12)26-14/h8H,3-7,9H2,1-2H3,(H2,20,21,22). The van der Waals surface area contributed by atoms with Gasteiger partial charge in [0.25, 0.3) is 0 Å². The summed E-state index contributed by atoms with van der Waals surface area (Å²) in [5.74, 6) is 0.595. The lowest BCUT2D eigenvalue weighted by Crippen LogP contribution is -2.07. The molecule has 5 nitrogen and oxygen atoms in total. The fraction of sp³-hybridized carbons (Fsp3) is 0.421. The summed E-state index contributed by atoms with van der Waals surface area (Å²) in [6, 6.07) is 2.00. The summed E-state index contributed by atoms with van der Waals surface area (Å²) in [6.07, 6.45) is 5.80. The third-order valence-electron chi connectivity index (χ3n) is 4.88. The molecular formula is C19H21N3O2S2. The number of aryl methyl sites for hydroxylation is 4. The van der Waals surface area contributed by atoms with Crippen LogP contribution in [0.25, 0.3) is 10.2 Å². The van der Waals surface area contributed by atoms with Gasteiger partial charge in [-0.3, -0.25) is 0 Å². The van der Waals surface area contributed by atoms with Crippen molar-refractivity contribution in [1.29, 1.82) is 0 Å². The second-order valence-electron chi connectivity index (χ2n) is 6.68. The van der Waals surface area contributed by atoms with Crippen LogP contribution in [0.2, 0.25) is 0 Å². The predicted octanol–water partition coefficient (Wildman–Crippen LogP) is 4.58. The summed E-state index contributed by atoms with van der Waals surface area (Å²) < 4.78 is 5.46. The smallest absolute Gasteiger partial charge is 0.348 e. The Morgan fingerprint density at radius 1 is 1.19 bits per heavy atom. The number of anilines is 1. The summed E-state index contributed by atoms with van der Waals surface area (Å²) in [4.78, 5) is 25.3. The first-order chi connectivity index (χ1) is 12.5. The molecule has 4 rings (SSSR count). The molecule has 1 aliphatic carbocycles. The van der Waals surface area contributed by atoms with Gasteiger partial charge in [0.2, 0.25) is 0 Å². The quantitative estimate of drug-likeness (QED) is 0.526. The molecule has 0 unspecified atom stereocenters. The molecule has 3 aromatic heterocycles. The van der Waals surface area contributed by atoms with Crippen LogP contribution in [0.4, 0.5) is 5.82 Å². The Labute approximate surface area is 160 Å². The highest BCUT2D eigenvalue weighted by atomic mass is 32.1. The topological polar surface area (TPSA) is 78.1 Å². The van der Waals surface area contributed by atoms with Gasteiger partial charge in [-0.1, -0.05) is 6.42 Å². The maximum atomic E-state index is 12.4. The largest absolute Gasteiger partial charge is 0.453 e. The number of ether oxygens (including phenoxy) is 1. The van der Waals surface area contributed by atoms with Crippen LogP contribution in [-0.2, 0) is 24.2 Å². The molecule has 0 atom stereocenters. The van der Waals surface area contributed by atoms with Gasteiger partial charge in [0.15, 0.2) is 12.4 Å². The number of carbonyl (C=O) groups excluding carboxylic acids is 1. The van der Waals surface area contributed by atoms with Gasteiger partial charge in [-0.25, -0.2) is 14.8 Å². The van der Waals surface area contributed by atoms with Crippen molar-refractivity contribution in [3.8, 4) is 0 Å². The number of thiophene rings is 2. The molecule has 7 heteroatoms. The van der Waals surface area contributed by atoms with Crippen LogP contribution in [0, 0.1) is 13.8 Å². The van der Waals surface area contributed by atoms with Gasteiger partial charge in [-0.2, -0.15) is 0 Å². The fourth-order valence-corrected chi connectivity index (χ4v) is 5.56. The van der Waals surface area contributed by atoms with Crippen LogP contribution in [0.5, 0.6) is 0 Å². The molecule has 1 aliphatic rings. The molecular weight excluding hydrogens is 366 g/mol. The summed E-state index contributed by atoms with van der Waals surface area (Å²) in [7, 11) is 0. The Morgan fingerprint density at radius 2 is 2.00 bits per heavy atom. The monoisotopic (exact) mass is 387 g/mol. The lowest BCUT2D eigenvalue weighted by atomic mass is 10.1. The van der Waals surface area contributed by atoms with Crippen LogP contribution in [-0.4, -0.2) is 15.9 Å². The Balaban J connectivity index is 1.50. The van der Waals surface area contributed by atoms with Crippen LogP contribution in [0.1, 0.15) is 55.6 Å². The van der Waals surface area contributed by atoms with E-state index in [1.807, 2.05) is 19.9 Å². The highest BCUT2D eigenvalue weighted by molar-refractivity contribution is 7.18. The number of aromatic nitrogens is 2. The van der Waals surface area contributed by atoms with Gasteiger partial charge in [0.05, 0.1) is 5.39 Å². The molecule has 3 aromatic rings. The molecule has 0 fully saturated rings. The van der Waals surface area contributed by atoms with Crippen molar-refractivity contribution in [3.05, 3.63) is 37.6 Å². The van der Waals surface area contributed by atoms with E-state index < -0.39 is 0 Å². The number of nitrogens with two attached hydrogens (primary N) is 1. The van der Waals surface area contributed by atoms with Crippen LogP contribution in [0.3, 0.4) is 0 Å². The first kappa shape index (κ1) is 17.4. The zero-order chi connectivity index (χ0) is 18.3. The van der Waals surface area contributed by atoms with Crippen molar-refractivity contribution in [2.24, 2.45) is 0 Å². The van der Waals surface area contributed by atoms with Gasteiger partial charge in [0.1, 0.15) is 15.5 Å². The molecule has 0 aromatic carbocycles. The Kier molecular flexibility index (Phi) is 4.67. The Morgan fingerprint density at radius 3 is 2.85 bits per heavy atom. The number of fused-ring (bicyclic) bond motifs is 2. The molecule has 0 radical (unpaired) electrons. The molecule has 0 amide bonds. The van der Waals surface area contributed by atoms with E-state index >= 15 is 0 Å². The Bertz CT molecular complexity index is 967. The number of esters is 1. The third-order valence-corrected chi connectivity index (χ3v) is 7.20. The van der Waals surface area contributed by atoms with Gasteiger partial charge < -0.3 is 10.5 Å². The number of nitrogen functional groups attached to an aromatic ring is 1. The normalized spacial score (nSPS) is 14.2. The molecule has 0 aliphatic heterocycles. The van der Waals surface area contributed by atoms with Crippen molar-refractivity contribution in [2.45, 2.75) is 52.6 Å². The molecule has 136 valence electrons. The average Bonchev–Trinajstić information content (AvgIpc) is 3.06. The lowest BCUT2D eigenvalue weighted by Gasteiger charge is -2.04. The van der Waals surface area contributed by atoms with E-state index in [4.69, 9.17) is 10.5 Å². The van der Waals surface area contributed by atoms with E-state index in [9.17, 15) is 4.79 Å². The van der Waals surface area contributed by atoms with E-state index in [1.165, 1.54) is 34.6 Å². The first-order valence-electron chi connectivity index (χ1n) is 8.83. The molecule has 0 saturated carbocycles. The molecule has 0 spiro atoms. The summed E-state index contributed by atoms with van der Waals surface area (Å²) in [5.41, 5.74) is 8.51. The molecule has 0 bridgehead atoms. The number of hydrogen-bond donors (Lipinski definition) is 1. The molecule has 0 saturated heterocycles. The molecule has 26 heavy (non-hydrogen) atoms.